The average molecular weight is 345 g/mol. The largest absolute Gasteiger partial charge is 0.478 e. The molecule has 0 saturated heterocycles. The molecule has 2 nitrogen and oxygen atoms in total. The Bertz CT molecular complexity index is 491. The number of hydrogen-bond acceptors (Lipinski definition) is 1. The smallest absolute Gasteiger partial charge is 0.328 e. The van der Waals surface area contributed by atoms with Crippen LogP contribution in [0.2, 0.25) is 0 Å². The Balaban J connectivity index is 2.06. The van der Waals surface area contributed by atoms with E-state index in [4.69, 9.17) is 5.11 Å². The summed E-state index contributed by atoms with van der Waals surface area (Å²) in [5.74, 6) is -0.889. The molecule has 0 heterocycles. The van der Waals surface area contributed by atoms with E-state index in [1.807, 2.05) is 18.2 Å². The van der Waals surface area contributed by atoms with Crippen molar-refractivity contribution in [2.45, 2.75) is 90.4 Å². The van der Waals surface area contributed by atoms with Gasteiger partial charge >= 0.3 is 5.97 Å². The topological polar surface area (TPSA) is 37.3 Å². The zero-order chi connectivity index (χ0) is 18.2. The lowest BCUT2D eigenvalue weighted by molar-refractivity contribution is -0.131. The van der Waals surface area contributed by atoms with Crippen molar-refractivity contribution >= 4 is 12.0 Å². The van der Waals surface area contributed by atoms with E-state index >= 15 is 0 Å². The third-order valence-electron chi connectivity index (χ3n) is 4.76. The molecule has 0 unspecified atom stereocenters. The van der Waals surface area contributed by atoms with Crippen LogP contribution in [0.4, 0.5) is 0 Å². The van der Waals surface area contributed by atoms with Crippen molar-refractivity contribution in [1.82, 2.24) is 0 Å². The normalized spacial score (nSPS) is 11.2. The Kier molecular flexibility index (Phi) is 12.7. The number of hydrogen-bond donors (Lipinski definition) is 1. The molecule has 0 atom stereocenters. The summed E-state index contributed by atoms with van der Waals surface area (Å²) in [6.07, 6.45) is 20.3. The van der Waals surface area contributed by atoms with Gasteiger partial charge < -0.3 is 5.11 Å². The second kappa shape index (κ2) is 14.7. The van der Waals surface area contributed by atoms with Gasteiger partial charge in [-0.25, -0.2) is 4.79 Å². The lowest BCUT2D eigenvalue weighted by Gasteiger charge is -2.06. The molecule has 1 N–H and O–H groups in total. The predicted molar refractivity (Wildman–Crippen MR) is 108 cm³/mol. The molecule has 0 aromatic heterocycles. The van der Waals surface area contributed by atoms with Gasteiger partial charge in [0.15, 0.2) is 0 Å². The zero-order valence-electron chi connectivity index (χ0n) is 16.0. The van der Waals surface area contributed by atoms with E-state index < -0.39 is 5.97 Å². The van der Waals surface area contributed by atoms with Crippen molar-refractivity contribution in [3.63, 3.8) is 0 Å². The van der Waals surface area contributed by atoms with Gasteiger partial charge in [-0.2, -0.15) is 0 Å². The molecule has 2 heteroatoms. The minimum Gasteiger partial charge on any atom is -0.478 e. The quantitative estimate of drug-likeness (QED) is 0.274. The number of carboxylic acids is 1. The molecule has 1 rings (SSSR count). The predicted octanol–water partition coefficient (Wildman–Crippen LogP) is 7.03. The van der Waals surface area contributed by atoms with E-state index in [0.29, 0.717) is 0 Å². The zero-order valence-corrected chi connectivity index (χ0v) is 16.0. The highest BCUT2D eigenvalue weighted by Crippen LogP contribution is 2.16. The number of aryl methyl sites for hydroxylation is 1. The maximum Gasteiger partial charge on any atom is 0.328 e. The molecule has 1 aromatic rings. The highest BCUT2D eigenvalue weighted by molar-refractivity contribution is 5.85. The van der Waals surface area contributed by atoms with E-state index in [1.54, 1.807) is 6.08 Å². The number of carbonyl (C=O) groups is 1. The first-order valence-corrected chi connectivity index (χ1v) is 10.2. The number of benzene rings is 1. The molecule has 0 bridgehead atoms. The molecule has 0 fully saturated rings. The molecule has 0 aliphatic carbocycles. The summed E-state index contributed by atoms with van der Waals surface area (Å²) in [4.78, 5) is 10.7. The number of aliphatic carboxylic acids is 1. The third-order valence-corrected chi connectivity index (χ3v) is 4.76. The third kappa shape index (κ3) is 11.6. The minimum atomic E-state index is -0.889. The molecule has 0 aliphatic heterocycles. The van der Waals surface area contributed by atoms with Gasteiger partial charge in [0, 0.05) is 6.08 Å². The fourth-order valence-corrected chi connectivity index (χ4v) is 3.24. The maximum atomic E-state index is 10.7. The maximum absolute atomic E-state index is 10.7. The van der Waals surface area contributed by atoms with Crippen LogP contribution in [0, 0.1) is 0 Å². The van der Waals surface area contributed by atoms with E-state index in [0.717, 1.165) is 12.0 Å². The summed E-state index contributed by atoms with van der Waals surface area (Å²) in [6, 6.07) is 8.11. The minimum absolute atomic E-state index is 0.889. The molecule has 25 heavy (non-hydrogen) atoms. The van der Waals surface area contributed by atoms with Crippen LogP contribution in [0.3, 0.4) is 0 Å². The second-order valence-corrected chi connectivity index (χ2v) is 7.01. The number of unbranched alkanes of at least 4 members (excludes halogenated alkanes) is 11. The molecule has 0 radical (unpaired) electrons. The Morgan fingerprint density at radius 3 is 1.92 bits per heavy atom. The van der Waals surface area contributed by atoms with Crippen molar-refractivity contribution in [1.29, 1.82) is 0 Å². The number of rotatable bonds is 15. The average Bonchev–Trinajstić information content (AvgIpc) is 2.61. The SMILES string of the molecule is CCCCCCCCCCCCCCc1ccccc1C=CC(=O)O. The second-order valence-electron chi connectivity index (χ2n) is 7.01. The van der Waals surface area contributed by atoms with Crippen molar-refractivity contribution in [2.75, 3.05) is 0 Å². The molecule has 140 valence electrons. The molecular weight excluding hydrogens is 308 g/mol. The van der Waals surface area contributed by atoms with Crippen LogP contribution < -0.4 is 0 Å². The lowest BCUT2D eigenvalue weighted by atomic mass is 9.99. The fourth-order valence-electron chi connectivity index (χ4n) is 3.24. The first-order chi connectivity index (χ1) is 12.2. The van der Waals surface area contributed by atoms with Gasteiger partial charge in [-0.3, -0.25) is 0 Å². The molecular formula is C23H36O2. The Morgan fingerprint density at radius 2 is 1.36 bits per heavy atom. The first kappa shape index (κ1) is 21.5. The highest BCUT2D eigenvalue weighted by atomic mass is 16.4. The Morgan fingerprint density at radius 1 is 0.840 bits per heavy atom. The van der Waals surface area contributed by atoms with Crippen LogP contribution in [0.15, 0.2) is 30.3 Å². The van der Waals surface area contributed by atoms with Crippen LogP contribution in [-0.4, -0.2) is 11.1 Å². The van der Waals surface area contributed by atoms with Crippen LogP contribution in [0.5, 0.6) is 0 Å². The van der Waals surface area contributed by atoms with E-state index in [1.165, 1.54) is 88.7 Å². The Hall–Kier alpha value is -1.57. The van der Waals surface area contributed by atoms with Crippen LogP contribution in [-0.2, 0) is 11.2 Å². The molecule has 0 amide bonds. The van der Waals surface area contributed by atoms with Gasteiger partial charge in [0.05, 0.1) is 0 Å². The fraction of sp³-hybridized carbons (Fsp3) is 0.609. The van der Waals surface area contributed by atoms with Crippen LogP contribution in [0.25, 0.3) is 6.08 Å². The van der Waals surface area contributed by atoms with Gasteiger partial charge in [-0.05, 0) is 30.0 Å². The van der Waals surface area contributed by atoms with Gasteiger partial charge in [0.1, 0.15) is 0 Å². The summed E-state index contributed by atoms with van der Waals surface area (Å²) >= 11 is 0. The van der Waals surface area contributed by atoms with Gasteiger partial charge in [0.25, 0.3) is 0 Å². The lowest BCUT2D eigenvalue weighted by Crippen LogP contribution is -1.92. The van der Waals surface area contributed by atoms with E-state index in [9.17, 15) is 4.79 Å². The van der Waals surface area contributed by atoms with Gasteiger partial charge in [-0.15, -0.1) is 0 Å². The van der Waals surface area contributed by atoms with Crippen LogP contribution in [0.1, 0.15) is 95.1 Å². The summed E-state index contributed by atoms with van der Waals surface area (Å²) < 4.78 is 0. The summed E-state index contributed by atoms with van der Waals surface area (Å²) in [5.41, 5.74) is 2.29. The summed E-state index contributed by atoms with van der Waals surface area (Å²) in [6.45, 7) is 2.27. The van der Waals surface area contributed by atoms with Crippen molar-refractivity contribution in [3.8, 4) is 0 Å². The monoisotopic (exact) mass is 344 g/mol. The first-order valence-electron chi connectivity index (χ1n) is 10.2. The highest BCUT2D eigenvalue weighted by Gasteiger charge is 2.00. The van der Waals surface area contributed by atoms with E-state index in [2.05, 4.69) is 13.0 Å². The molecule has 0 aliphatic rings. The van der Waals surface area contributed by atoms with Crippen molar-refractivity contribution in [2.24, 2.45) is 0 Å². The van der Waals surface area contributed by atoms with Crippen molar-refractivity contribution < 1.29 is 9.90 Å². The van der Waals surface area contributed by atoms with Gasteiger partial charge in [-0.1, -0.05) is 102 Å². The Labute approximate surface area is 154 Å². The van der Waals surface area contributed by atoms with Gasteiger partial charge in [0.2, 0.25) is 0 Å². The standard InChI is InChI=1S/C23H36O2/c1-2-3-4-5-6-7-8-9-10-11-12-13-16-21-17-14-15-18-22(21)19-20-23(24)25/h14-15,17-20H,2-13,16H2,1H3,(H,24,25). The van der Waals surface area contributed by atoms with Crippen LogP contribution >= 0.6 is 0 Å². The summed E-state index contributed by atoms with van der Waals surface area (Å²) in [5, 5.41) is 8.77. The van der Waals surface area contributed by atoms with Crippen molar-refractivity contribution in [3.05, 3.63) is 41.5 Å². The number of carboxylic acid groups (broad SMARTS) is 1. The molecule has 0 saturated carbocycles. The summed E-state index contributed by atoms with van der Waals surface area (Å²) in [7, 11) is 0. The molecule has 0 spiro atoms. The van der Waals surface area contributed by atoms with E-state index in [-0.39, 0.29) is 0 Å². The molecule has 1 aromatic carbocycles.